The van der Waals surface area contributed by atoms with Crippen LogP contribution < -0.4 is 11.1 Å². The predicted octanol–water partition coefficient (Wildman–Crippen LogP) is 2.10. The number of rotatable bonds is 0. The lowest BCUT2D eigenvalue weighted by Gasteiger charge is -1.96. The third-order valence-corrected chi connectivity index (χ3v) is 4.91. The average molecular weight is 343 g/mol. The van der Waals surface area contributed by atoms with Crippen LogP contribution in [-0.2, 0) is 0 Å². The first-order valence-electron chi connectivity index (χ1n) is 7.94. The molecule has 0 fully saturated rings. The molecule has 5 heterocycles. The number of hydrogen-bond donors (Lipinski definition) is 3. The highest BCUT2D eigenvalue weighted by molar-refractivity contribution is 6.34. The Hall–Kier alpha value is -3.94. The van der Waals surface area contributed by atoms with Crippen LogP contribution in [-0.4, -0.2) is 29.9 Å². The van der Waals surface area contributed by atoms with Gasteiger partial charge < -0.3 is 15.2 Å². The van der Waals surface area contributed by atoms with Crippen molar-refractivity contribution in [2.75, 3.05) is 0 Å². The average Bonchev–Trinajstić information content (AvgIpc) is 3.29. The Kier molecular flexibility index (Phi) is 2.15. The zero-order valence-electron chi connectivity index (χ0n) is 13.1. The lowest BCUT2D eigenvalue weighted by atomic mass is 10.0. The van der Waals surface area contributed by atoms with Gasteiger partial charge >= 0.3 is 0 Å². The Labute approximate surface area is 142 Å². The number of nitrogens with zero attached hydrogens (tertiary/aromatic N) is 3. The molecule has 3 N–H and O–H groups in total. The normalized spacial score (nSPS) is 12.3. The van der Waals surface area contributed by atoms with Crippen molar-refractivity contribution in [3.8, 4) is 0 Å². The summed E-state index contributed by atoms with van der Waals surface area (Å²) >= 11 is 0. The summed E-state index contributed by atoms with van der Waals surface area (Å²) in [5.74, 6) is 0. The Balaban J connectivity index is 2.15. The minimum Gasteiger partial charge on any atom is -0.422 e. The Morgan fingerprint density at radius 3 is 1.69 bits per heavy atom. The molecule has 0 aliphatic heterocycles. The molecule has 6 aromatic rings. The van der Waals surface area contributed by atoms with Crippen molar-refractivity contribution >= 4 is 54.6 Å². The molecule has 0 unspecified atom stereocenters. The third kappa shape index (κ3) is 1.33. The molecule has 0 spiro atoms. The van der Waals surface area contributed by atoms with Crippen LogP contribution in [0.5, 0.6) is 0 Å². The molecule has 1 aromatic carbocycles. The Morgan fingerprint density at radius 1 is 0.769 bits per heavy atom. The van der Waals surface area contributed by atoms with Crippen LogP contribution in [0, 0.1) is 0 Å². The van der Waals surface area contributed by atoms with E-state index in [0.29, 0.717) is 43.9 Å². The molecular formula is C18H9N5O3. The van der Waals surface area contributed by atoms with Gasteiger partial charge in [-0.25, -0.2) is 9.97 Å². The van der Waals surface area contributed by atoms with E-state index in [1.807, 2.05) is 12.1 Å². The van der Waals surface area contributed by atoms with E-state index in [2.05, 4.69) is 19.9 Å². The molecule has 0 saturated carbocycles. The molecule has 0 amide bonds. The van der Waals surface area contributed by atoms with Gasteiger partial charge in [-0.05, 0) is 24.3 Å². The summed E-state index contributed by atoms with van der Waals surface area (Å²) in [4.78, 5) is 40.6. The molecule has 6 rings (SSSR count). The van der Waals surface area contributed by atoms with Gasteiger partial charge in [0.2, 0.25) is 0 Å². The van der Waals surface area contributed by atoms with Gasteiger partial charge in [0, 0.05) is 33.9 Å². The summed E-state index contributed by atoms with van der Waals surface area (Å²) in [6, 6.07) is 7.22. The molecular weight excluding hydrogens is 334 g/mol. The van der Waals surface area contributed by atoms with Crippen molar-refractivity contribution in [1.29, 1.82) is 0 Å². The van der Waals surface area contributed by atoms with Crippen molar-refractivity contribution in [2.24, 2.45) is 0 Å². The maximum Gasteiger partial charge on any atom is 0.295 e. The second-order valence-electron chi connectivity index (χ2n) is 6.21. The summed E-state index contributed by atoms with van der Waals surface area (Å²) in [6.45, 7) is 0. The van der Waals surface area contributed by atoms with Crippen LogP contribution in [0.15, 0.2) is 46.2 Å². The summed E-state index contributed by atoms with van der Waals surface area (Å²) in [6.07, 6.45) is 3.47. The van der Waals surface area contributed by atoms with Crippen molar-refractivity contribution in [1.82, 2.24) is 24.7 Å². The first kappa shape index (κ1) is 13.4. The van der Waals surface area contributed by atoms with E-state index in [9.17, 15) is 14.8 Å². The second kappa shape index (κ2) is 4.17. The molecule has 0 saturated heterocycles. The number of nitrogens with one attached hydrogen (secondary N) is 2. The molecule has 8 heteroatoms. The summed E-state index contributed by atoms with van der Waals surface area (Å²) in [5.41, 5.74) is 0.734. The maximum absolute atomic E-state index is 12.7. The molecule has 0 atom stereocenters. The highest BCUT2D eigenvalue weighted by Crippen LogP contribution is 2.38. The van der Waals surface area contributed by atoms with E-state index in [1.165, 1.54) is 0 Å². The second-order valence-corrected chi connectivity index (χ2v) is 6.21. The van der Waals surface area contributed by atoms with Gasteiger partial charge in [-0.3, -0.25) is 9.59 Å². The van der Waals surface area contributed by atoms with Crippen LogP contribution in [0.1, 0.15) is 0 Å². The molecule has 0 radical (unpaired) electrons. The Morgan fingerprint density at radius 2 is 1.23 bits per heavy atom. The van der Waals surface area contributed by atoms with Crippen molar-refractivity contribution in [3.63, 3.8) is 0 Å². The van der Waals surface area contributed by atoms with Crippen molar-refractivity contribution in [2.45, 2.75) is 0 Å². The molecule has 0 aliphatic carbocycles. The molecule has 5 aromatic heterocycles. The molecule has 26 heavy (non-hydrogen) atoms. The van der Waals surface area contributed by atoms with Crippen LogP contribution in [0.3, 0.4) is 0 Å². The zero-order chi connectivity index (χ0) is 17.6. The number of fused-ring (bicyclic) bond motifs is 10. The van der Waals surface area contributed by atoms with E-state index < -0.39 is 11.1 Å². The molecule has 124 valence electrons. The largest absolute Gasteiger partial charge is 0.422 e. The first-order valence-corrected chi connectivity index (χ1v) is 7.94. The minimum atomic E-state index is -0.746. The fraction of sp³-hybridized carbons (Fsp3) is 0. The third-order valence-electron chi connectivity index (χ3n) is 4.91. The number of aromatic nitrogens is 5. The minimum absolute atomic E-state index is 0.167. The fourth-order valence-electron chi connectivity index (χ4n) is 3.87. The molecule has 0 aliphatic rings. The maximum atomic E-state index is 12.7. The summed E-state index contributed by atoms with van der Waals surface area (Å²) in [7, 11) is 0. The highest BCUT2D eigenvalue weighted by atomic mass is 16.5. The number of hydrogen-bond acceptors (Lipinski definition) is 5. The summed E-state index contributed by atoms with van der Waals surface area (Å²) < 4.78 is 0.167. The SMILES string of the molecule is O=c1c2c(c(=O)n1O)c1c3ccc[nH]c3nc1c1nc3[nH]cccc3c12. The van der Waals surface area contributed by atoms with Gasteiger partial charge in [-0.2, -0.15) is 0 Å². The lowest BCUT2D eigenvalue weighted by Crippen LogP contribution is -2.22. The molecule has 8 nitrogen and oxygen atoms in total. The topological polar surface area (TPSA) is 117 Å². The van der Waals surface area contributed by atoms with Gasteiger partial charge in [0.25, 0.3) is 11.1 Å². The van der Waals surface area contributed by atoms with Crippen LogP contribution in [0.25, 0.3) is 54.6 Å². The first-order chi connectivity index (χ1) is 12.7. The van der Waals surface area contributed by atoms with Crippen molar-refractivity contribution < 1.29 is 5.21 Å². The van der Waals surface area contributed by atoms with Crippen LogP contribution in [0.2, 0.25) is 0 Å². The van der Waals surface area contributed by atoms with Crippen molar-refractivity contribution in [3.05, 3.63) is 57.4 Å². The number of aromatic amines is 2. The van der Waals surface area contributed by atoms with Gasteiger partial charge in [-0.15, -0.1) is 4.73 Å². The van der Waals surface area contributed by atoms with E-state index >= 15 is 0 Å². The summed E-state index contributed by atoms with van der Waals surface area (Å²) in [5, 5.41) is 12.8. The number of benzene rings is 1. The van der Waals surface area contributed by atoms with Crippen LogP contribution in [0.4, 0.5) is 0 Å². The number of pyridine rings is 2. The van der Waals surface area contributed by atoms with E-state index in [-0.39, 0.29) is 15.5 Å². The molecule has 0 bridgehead atoms. The van der Waals surface area contributed by atoms with Gasteiger partial charge in [0.15, 0.2) is 0 Å². The smallest absolute Gasteiger partial charge is 0.295 e. The standard InChI is InChI=1S/C18H9N5O3/c24-17-11-9-7-3-1-5-19-15(7)21-13(9)14-10(12(11)18(25)23(17)26)8-4-2-6-20-16(8)22-14/h1-6,26H,(H,19,21)(H,20,22). The highest BCUT2D eigenvalue weighted by Gasteiger charge is 2.25. The Bertz CT molecular complexity index is 1520. The van der Waals surface area contributed by atoms with Gasteiger partial charge in [-0.1, -0.05) is 0 Å². The number of H-pyrrole nitrogens is 2. The zero-order valence-corrected chi connectivity index (χ0v) is 13.1. The predicted molar refractivity (Wildman–Crippen MR) is 97.2 cm³/mol. The van der Waals surface area contributed by atoms with E-state index in [0.717, 1.165) is 0 Å². The van der Waals surface area contributed by atoms with E-state index in [4.69, 9.17) is 0 Å². The fourth-order valence-corrected chi connectivity index (χ4v) is 3.87. The monoisotopic (exact) mass is 343 g/mol. The van der Waals surface area contributed by atoms with Gasteiger partial charge in [0.05, 0.1) is 10.8 Å². The lowest BCUT2D eigenvalue weighted by molar-refractivity contribution is 0.171. The quantitative estimate of drug-likeness (QED) is 0.365. The van der Waals surface area contributed by atoms with Crippen LogP contribution >= 0.6 is 0 Å². The van der Waals surface area contributed by atoms with Gasteiger partial charge in [0.1, 0.15) is 22.3 Å². The van der Waals surface area contributed by atoms with E-state index in [1.54, 1.807) is 24.5 Å².